The smallest absolute Gasteiger partial charge is 0.255 e. The summed E-state index contributed by atoms with van der Waals surface area (Å²) in [5.41, 5.74) is 2.10. The highest BCUT2D eigenvalue weighted by molar-refractivity contribution is 9.10. The fourth-order valence-corrected chi connectivity index (χ4v) is 2.20. The summed E-state index contributed by atoms with van der Waals surface area (Å²) in [6, 6.07) is 10.5. The Bertz CT molecular complexity index is 737. The molecule has 2 aromatic rings. The van der Waals surface area contributed by atoms with Gasteiger partial charge in [-0.05, 0) is 37.3 Å². The minimum Gasteiger partial charge on any atom is -0.373 e. The average Bonchev–Trinajstić information content (AvgIpc) is 2.46. The van der Waals surface area contributed by atoms with E-state index in [0.717, 1.165) is 10.2 Å². The number of carbonyl (C=O) groups excluding carboxylic acids is 1. The first-order valence-electron chi connectivity index (χ1n) is 6.21. The van der Waals surface area contributed by atoms with Crippen LogP contribution in [0.3, 0.4) is 0 Å². The van der Waals surface area contributed by atoms with Crippen molar-refractivity contribution >= 4 is 33.3 Å². The topological polar surface area (TPSA) is 77.8 Å². The van der Waals surface area contributed by atoms with Crippen molar-refractivity contribution in [3.8, 4) is 6.07 Å². The van der Waals surface area contributed by atoms with Gasteiger partial charge >= 0.3 is 0 Å². The Morgan fingerprint density at radius 2 is 2.10 bits per heavy atom. The molecule has 1 aromatic carbocycles. The van der Waals surface area contributed by atoms with E-state index in [1.54, 1.807) is 37.4 Å². The van der Waals surface area contributed by atoms with Crippen LogP contribution in [-0.2, 0) is 0 Å². The van der Waals surface area contributed by atoms with Crippen LogP contribution < -0.4 is 10.6 Å². The van der Waals surface area contributed by atoms with E-state index in [9.17, 15) is 4.79 Å². The highest BCUT2D eigenvalue weighted by Gasteiger charge is 2.11. The Morgan fingerprint density at radius 1 is 1.33 bits per heavy atom. The predicted octanol–water partition coefficient (Wildman–Crippen LogP) is 3.32. The Labute approximate surface area is 131 Å². The molecule has 6 heteroatoms. The first-order chi connectivity index (χ1) is 10.0. The molecule has 1 amide bonds. The fraction of sp³-hybridized carbons (Fsp3) is 0.133. The van der Waals surface area contributed by atoms with Gasteiger partial charge in [0.15, 0.2) is 0 Å². The van der Waals surface area contributed by atoms with Crippen LogP contribution in [0, 0.1) is 18.3 Å². The monoisotopic (exact) mass is 344 g/mol. The summed E-state index contributed by atoms with van der Waals surface area (Å²) in [5, 5.41) is 14.7. The van der Waals surface area contributed by atoms with E-state index in [1.165, 1.54) is 0 Å². The number of aromatic nitrogens is 1. The Morgan fingerprint density at radius 3 is 2.76 bits per heavy atom. The lowest BCUT2D eigenvalue weighted by Gasteiger charge is -2.09. The zero-order valence-electron chi connectivity index (χ0n) is 11.6. The second-order valence-electron chi connectivity index (χ2n) is 4.39. The average molecular weight is 345 g/mol. The number of pyridine rings is 1. The lowest BCUT2D eigenvalue weighted by atomic mass is 10.1. The maximum Gasteiger partial charge on any atom is 0.255 e. The molecule has 1 heterocycles. The van der Waals surface area contributed by atoms with Crippen LogP contribution >= 0.6 is 15.9 Å². The minimum atomic E-state index is -0.286. The number of anilines is 2. The molecule has 0 aliphatic heterocycles. The van der Waals surface area contributed by atoms with Gasteiger partial charge in [-0.1, -0.05) is 15.9 Å². The molecule has 0 unspecified atom stereocenters. The Kier molecular flexibility index (Phi) is 4.55. The minimum absolute atomic E-state index is 0.286. The summed E-state index contributed by atoms with van der Waals surface area (Å²) in [6.07, 6.45) is 0. The summed E-state index contributed by atoms with van der Waals surface area (Å²) in [5.74, 6) is 0.335. The van der Waals surface area contributed by atoms with Gasteiger partial charge in [0.05, 0.1) is 11.3 Å². The number of aryl methyl sites for hydroxylation is 1. The third kappa shape index (κ3) is 3.58. The Balaban J connectivity index is 2.32. The number of benzene rings is 1. The van der Waals surface area contributed by atoms with Crippen molar-refractivity contribution in [2.24, 2.45) is 0 Å². The summed E-state index contributed by atoms with van der Waals surface area (Å²) in [4.78, 5) is 16.6. The number of nitrogens with zero attached hydrogens (tertiary/aromatic N) is 2. The van der Waals surface area contributed by atoms with Crippen LogP contribution in [0.5, 0.6) is 0 Å². The van der Waals surface area contributed by atoms with Crippen LogP contribution in [-0.4, -0.2) is 17.9 Å². The van der Waals surface area contributed by atoms with Gasteiger partial charge in [0.2, 0.25) is 0 Å². The zero-order valence-corrected chi connectivity index (χ0v) is 13.2. The lowest BCUT2D eigenvalue weighted by Crippen LogP contribution is -2.14. The first-order valence-corrected chi connectivity index (χ1v) is 7.00. The molecule has 0 saturated carbocycles. The molecule has 0 saturated heterocycles. The van der Waals surface area contributed by atoms with Gasteiger partial charge in [0, 0.05) is 22.8 Å². The summed E-state index contributed by atoms with van der Waals surface area (Å²) >= 11 is 3.33. The third-order valence-electron chi connectivity index (χ3n) is 2.82. The van der Waals surface area contributed by atoms with Gasteiger partial charge in [-0.3, -0.25) is 4.79 Å². The molecular weight excluding hydrogens is 332 g/mol. The van der Waals surface area contributed by atoms with Gasteiger partial charge in [-0.2, -0.15) is 5.26 Å². The number of rotatable bonds is 3. The molecule has 0 radical (unpaired) electrons. The van der Waals surface area contributed by atoms with Crippen molar-refractivity contribution in [3.05, 3.63) is 51.6 Å². The molecule has 0 bridgehead atoms. The van der Waals surface area contributed by atoms with Gasteiger partial charge < -0.3 is 10.6 Å². The van der Waals surface area contributed by atoms with Crippen molar-refractivity contribution in [1.29, 1.82) is 5.26 Å². The number of hydrogen-bond acceptors (Lipinski definition) is 4. The second kappa shape index (κ2) is 6.37. The molecule has 0 aliphatic carbocycles. The molecule has 5 nitrogen and oxygen atoms in total. The third-order valence-corrected chi connectivity index (χ3v) is 3.32. The van der Waals surface area contributed by atoms with E-state index in [2.05, 4.69) is 37.6 Å². The van der Waals surface area contributed by atoms with Crippen molar-refractivity contribution < 1.29 is 4.79 Å². The highest BCUT2D eigenvalue weighted by Crippen LogP contribution is 2.22. The molecular formula is C15H13BrN4O. The van der Waals surface area contributed by atoms with Crippen LogP contribution in [0.2, 0.25) is 0 Å². The van der Waals surface area contributed by atoms with Crippen molar-refractivity contribution in [1.82, 2.24) is 4.98 Å². The van der Waals surface area contributed by atoms with Crippen molar-refractivity contribution in [2.45, 2.75) is 6.92 Å². The molecule has 0 aliphatic rings. The fourth-order valence-electron chi connectivity index (χ4n) is 1.84. The highest BCUT2D eigenvalue weighted by atomic mass is 79.9. The number of nitriles is 1. The number of amides is 1. The van der Waals surface area contributed by atoms with Crippen molar-refractivity contribution in [3.63, 3.8) is 0 Å². The van der Waals surface area contributed by atoms with Gasteiger partial charge in [-0.15, -0.1) is 0 Å². The van der Waals surface area contributed by atoms with Crippen LogP contribution in [0.25, 0.3) is 0 Å². The molecule has 21 heavy (non-hydrogen) atoms. The molecule has 0 spiro atoms. The molecule has 2 N–H and O–H groups in total. The van der Waals surface area contributed by atoms with Crippen molar-refractivity contribution in [2.75, 3.05) is 17.7 Å². The largest absolute Gasteiger partial charge is 0.373 e. The van der Waals surface area contributed by atoms with E-state index in [4.69, 9.17) is 5.26 Å². The number of hydrogen-bond donors (Lipinski definition) is 2. The molecule has 2 rings (SSSR count). The predicted molar refractivity (Wildman–Crippen MR) is 85.3 cm³/mol. The van der Waals surface area contributed by atoms with E-state index in [0.29, 0.717) is 22.6 Å². The van der Waals surface area contributed by atoms with E-state index in [1.807, 2.05) is 6.92 Å². The van der Waals surface area contributed by atoms with Gasteiger partial charge in [0.25, 0.3) is 5.91 Å². The second-order valence-corrected chi connectivity index (χ2v) is 5.30. The molecule has 106 valence electrons. The number of carbonyl (C=O) groups is 1. The number of halogens is 1. The summed E-state index contributed by atoms with van der Waals surface area (Å²) in [7, 11) is 1.74. The van der Waals surface area contributed by atoms with E-state index in [-0.39, 0.29) is 5.91 Å². The van der Waals surface area contributed by atoms with Crippen LogP contribution in [0.4, 0.5) is 11.5 Å². The van der Waals surface area contributed by atoms with Gasteiger partial charge in [-0.25, -0.2) is 4.98 Å². The van der Waals surface area contributed by atoms with E-state index >= 15 is 0 Å². The summed E-state index contributed by atoms with van der Waals surface area (Å²) < 4.78 is 0.790. The number of nitrogens with one attached hydrogen (secondary N) is 2. The standard InChI is InChI=1S/C15H13BrN4O/c1-9-5-11(6-14(18-2)19-9)15(21)20-13-7-12(16)4-3-10(13)8-17/h3-7H,1-2H3,(H,18,19)(H,20,21). The maximum atomic E-state index is 12.3. The zero-order chi connectivity index (χ0) is 15.4. The molecule has 0 atom stereocenters. The van der Waals surface area contributed by atoms with E-state index < -0.39 is 0 Å². The normalized spacial score (nSPS) is 9.81. The molecule has 0 fully saturated rings. The maximum absolute atomic E-state index is 12.3. The SMILES string of the molecule is CNc1cc(C(=O)Nc2cc(Br)ccc2C#N)cc(C)n1. The van der Waals surface area contributed by atoms with Gasteiger partial charge in [0.1, 0.15) is 11.9 Å². The first kappa shape index (κ1) is 15.0. The quantitative estimate of drug-likeness (QED) is 0.895. The lowest BCUT2D eigenvalue weighted by molar-refractivity contribution is 0.102. The van der Waals surface area contributed by atoms with Crippen LogP contribution in [0.15, 0.2) is 34.8 Å². The summed E-state index contributed by atoms with van der Waals surface area (Å²) in [6.45, 7) is 1.82. The molecule has 1 aromatic heterocycles. The Hall–Kier alpha value is -2.39. The van der Waals surface area contributed by atoms with Crippen LogP contribution in [0.1, 0.15) is 21.6 Å².